The van der Waals surface area contributed by atoms with Crippen molar-refractivity contribution in [2.45, 2.75) is 0 Å². The topological polar surface area (TPSA) is 148 Å². The van der Waals surface area contributed by atoms with Crippen molar-refractivity contribution in [3.63, 3.8) is 0 Å². The summed E-state index contributed by atoms with van der Waals surface area (Å²) >= 11 is 0. The van der Waals surface area contributed by atoms with Gasteiger partial charge < -0.3 is 10.8 Å². The maximum atomic E-state index is 11.2. The average molecular weight is 282 g/mol. The number of benzene rings is 1. The number of hydrogen-bond donors (Lipinski definition) is 4. The van der Waals surface area contributed by atoms with Crippen molar-refractivity contribution < 1.29 is 9.90 Å². The van der Waals surface area contributed by atoms with Crippen molar-refractivity contribution >= 4 is 34.0 Å². The minimum absolute atomic E-state index is 0.133. The molecule has 5 N–H and O–H groups in total. The van der Waals surface area contributed by atoms with Gasteiger partial charge in [-0.05, 0) is 18.2 Å². The highest BCUT2D eigenvalue weighted by Crippen LogP contribution is 2.26. The highest BCUT2D eigenvalue weighted by molar-refractivity contribution is 6.45. The van der Waals surface area contributed by atoms with E-state index in [2.05, 4.69) is 15.5 Å². The summed E-state index contributed by atoms with van der Waals surface area (Å²) in [7, 11) is 0. The molecule has 8 nitrogen and oxygen atoms in total. The number of nitrogens with one attached hydrogen (secondary N) is 2. The molecule has 1 aromatic heterocycles. The van der Waals surface area contributed by atoms with Crippen LogP contribution in [-0.4, -0.2) is 27.6 Å². The molecule has 1 aromatic carbocycles. The Morgan fingerprint density at radius 2 is 2.19 bits per heavy atom. The van der Waals surface area contributed by atoms with E-state index in [1.807, 2.05) is 0 Å². The molecule has 0 unspecified atom stereocenters. The number of nitriles is 1. The number of carboxylic acids is 1. The van der Waals surface area contributed by atoms with E-state index >= 15 is 0 Å². The Labute approximate surface area is 119 Å². The predicted octanol–water partition coefficient (Wildman–Crippen LogP) is 1.16. The smallest absolute Gasteiger partial charge is 0.336 e. The molecule has 0 saturated heterocycles. The molecule has 0 bridgehead atoms. The maximum absolute atomic E-state index is 11.2. The van der Waals surface area contributed by atoms with E-state index in [9.17, 15) is 4.79 Å². The number of aromatic nitrogens is 1. The number of amidine groups is 1. The number of carboxylic acid groups (broad SMARTS) is 1. The van der Waals surface area contributed by atoms with Crippen LogP contribution in [0.3, 0.4) is 0 Å². The molecule has 0 atom stereocenters. The first-order valence-corrected chi connectivity index (χ1v) is 5.72. The molecule has 0 aliphatic heterocycles. The zero-order chi connectivity index (χ0) is 15.4. The molecule has 0 aliphatic rings. The molecule has 0 saturated carbocycles. The average Bonchev–Trinajstić information content (AvgIpc) is 2.47. The van der Waals surface area contributed by atoms with Gasteiger partial charge in [0.15, 0.2) is 5.84 Å². The van der Waals surface area contributed by atoms with Crippen molar-refractivity contribution in [1.29, 1.82) is 10.7 Å². The summed E-state index contributed by atoms with van der Waals surface area (Å²) in [4.78, 5) is 15.1. The van der Waals surface area contributed by atoms with Crippen LogP contribution in [0.25, 0.3) is 10.8 Å². The predicted molar refractivity (Wildman–Crippen MR) is 77.3 cm³/mol. The van der Waals surface area contributed by atoms with Crippen molar-refractivity contribution in [3.05, 3.63) is 36.2 Å². The lowest BCUT2D eigenvalue weighted by atomic mass is 10.1. The van der Waals surface area contributed by atoms with E-state index in [0.717, 1.165) is 0 Å². The summed E-state index contributed by atoms with van der Waals surface area (Å²) in [6.45, 7) is 0. The first kappa shape index (κ1) is 14.0. The maximum Gasteiger partial charge on any atom is 0.336 e. The van der Waals surface area contributed by atoms with E-state index in [1.165, 1.54) is 24.5 Å². The normalized spacial score (nSPS) is 10.9. The van der Waals surface area contributed by atoms with Gasteiger partial charge in [0.1, 0.15) is 6.07 Å². The number of hydrogen-bond acceptors (Lipinski definition) is 6. The molecule has 0 amide bonds. The van der Waals surface area contributed by atoms with Gasteiger partial charge in [-0.2, -0.15) is 10.4 Å². The van der Waals surface area contributed by atoms with Crippen LogP contribution in [0, 0.1) is 16.7 Å². The minimum atomic E-state index is -1.05. The van der Waals surface area contributed by atoms with Crippen LogP contribution in [0.5, 0.6) is 0 Å². The number of nitrogens with zero attached hydrogens (tertiary/aromatic N) is 3. The highest BCUT2D eigenvalue weighted by Gasteiger charge is 2.11. The van der Waals surface area contributed by atoms with Gasteiger partial charge in [-0.3, -0.25) is 15.8 Å². The van der Waals surface area contributed by atoms with Gasteiger partial charge in [0.05, 0.1) is 11.3 Å². The fourth-order valence-electron chi connectivity index (χ4n) is 1.74. The number of hydrazone groups is 1. The van der Waals surface area contributed by atoms with Crippen LogP contribution in [0.4, 0.5) is 5.69 Å². The number of rotatable bonds is 4. The van der Waals surface area contributed by atoms with E-state index < -0.39 is 11.8 Å². The van der Waals surface area contributed by atoms with Crippen molar-refractivity contribution in [2.24, 2.45) is 10.8 Å². The molecule has 21 heavy (non-hydrogen) atoms. The molecule has 2 aromatic rings. The third-order valence-electron chi connectivity index (χ3n) is 2.70. The van der Waals surface area contributed by atoms with Crippen LogP contribution >= 0.6 is 0 Å². The van der Waals surface area contributed by atoms with Crippen LogP contribution in [-0.2, 0) is 0 Å². The Morgan fingerprint density at radius 1 is 1.43 bits per heavy atom. The summed E-state index contributed by atoms with van der Waals surface area (Å²) in [6, 6.07) is 6.18. The van der Waals surface area contributed by atoms with Crippen molar-refractivity contribution in [1.82, 2.24) is 4.98 Å². The van der Waals surface area contributed by atoms with E-state index in [-0.39, 0.29) is 11.3 Å². The van der Waals surface area contributed by atoms with Crippen molar-refractivity contribution in [3.8, 4) is 6.07 Å². The van der Waals surface area contributed by atoms with Gasteiger partial charge >= 0.3 is 5.97 Å². The molecular formula is C13H10N6O2. The monoisotopic (exact) mass is 282 g/mol. The number of aromatic carboxylic acids is 1. The van der Waals surface area contributed by atoms with Gasteiger partial charge in [0, 0.05) is 23.2 Å². The van der Waals surface area contributed by atoms with E-state index in [1.54, 1.807) is 12.1 Å². The lowest BCUT2D eigenvalue weighted by Gasteiger charge is -2.08. The number of anilines is 1. The summed E-state index contributed by atoms with van der Waals surface area (Å²) in [5, 5.41) is 29.8. The standard InChI is InChI=1S/C13H10N6O2/c14-5-11(12(15)16)19-18-10-2-1-8(13(20)21)7-3-4-17-6-9(7)10/h1-4,6,18H,(H3,15,16)(H,20,21)/b19-11+. The minimum Gasteiger partial charge on any atom is -0.478 e. The molecule has 0 aliphatic carbocycles. The second-order valence-corrected chi connectivity index (χ2v) is 3.98. The molecule has 0 radical (unpaired) electrons. The Bertz CT molecular complexity index is 806. The fraction of sp³-hybridized carbons (Fsp3) is 0. The quantitative estimate of drug-likeness (QED) is 0.375. The second-order valence-electron chi connectivity index (χ2n) is 3.98. The lowest BCUT2D eigenvalue weighted by molar-refractivity contribution is 0.0699. The van der Waals surface area contributed by atoms with E-state index in [0.29, 0.717) is 16.5 Å². The first-order chi connectivity index (χ1) is 10.0. The van der Waals surface area contributed by atoms with Crippen LogP contribution in [0.15, 0.2) is 35.7 Å². The number of fused-ring (bicyclic) bond motifs is 1. The van der Waals surface area contributed by atoms with Gasteiger partial charge in [-0.1, -0.05) is 0 Å². The zero-order valence-corrected chi connectivity index (χ0v) is 10.7. The van der Waals surface area contributed by atoms with Crippen molar-refractivity contribution in [2.75, 3.05) is 5.43 Å². The molecule has 2 rings (SSSR count). The second kappa shape index (κ2) is 5.66. The van der Waals surface area contributed by atoms with E-state index in [4.69, 9.17) is 21.5 Å². The number of pyridine rings is 1. The van der Waals surface area contributed by atoms with Gasteiger partial charge in [-0.25, -0.2) is 4.79 Å². The Morgan fingerprint density at radius 3 is 2.81 bits per heavy atom. The Hall–Kier alpha value is -3.47. The number of carbonyl (C=O) groups is 1. The van der Waals surface area contributed by atoms with Gasteiger partial charge in [0.2, 0.25) is 5.71 Å². The van der Waals surface area contributed by atoms with Crippen LogP contribution < -0.4 is 11.2 Å². The van der Waals surface area contributed by atoms with Gasteiger partial charge in [0.25, 0.3) is 0 Å². The van der Waals surface area contributed by atoms with Gasteiger partial charge in [-0.15, -0.1) is 0 Å². The molecule has 0 spiro atoms. The SMILES string of the molecule is N#C/C(=N\Nc1ccc(C(=O)O)c2ccncc12)C(=N)N. The molecular weight excluding hydrogens is 272 g/mol. The molecule has 1 heterocycles. The fourth-order valence-corrected chi connectivity index (χ4v) is 1.74. The third kappa shape index (κ3) is 2.76. The summed E-state index contributed by atoms with van der Waals surface area (Å²) in [6.07, 6.45) is 2.97. The van der Waals surface area contributed by atoms with Crippen LogP contribution in [0.1, 0.15) is 10.4 Å². The Kier molecular flexibility index (Phi) is 3.76. The third-order valence-corrected chi connectivity index (χ3v) is 2.70. The summed E-state index contributed by atoms with van der Waals surface area (Å²) in [5.41, 5.74) is 8.11. The molecule has 8 heteroatoms. The first-order valence-electron chi connectivity index (χ1n) is 5.72. The highest BCUT2D eigenvalue weighted by atomic mass is 16.4. The zero-order valence-electron chi connectivity index (χ0n) is 10.7. The summed E-state index contributed by atoms with van der Waals surface area (Å²) in [5.74, 6) is -1.52. The Balaban J connectivity index is 2.52. The largest absolute Gasteiger partial charge is 0.478 e. The molecule has 104 valence electrons. The lowest BCUT2D eigenvalue weighted by Crippen LogP contribution is -2.21. The molecule has 0 fully saturated rings. The van der Waals surface area contributed by atoms with Crippen LogP contribution in [0.2, 0.25) is 0 Å². The summed E-state index contributed by atoms with van der Waals surface area (Å²) < 4.78 is 0. The number of nitrogens with two attached hydrogens (primary N) is 1.